The molecule has 2 heterocycles. The molecule has 1 N–H and O–H groups in total. The number of carbonyl (C=O) groups is 3. The van der Waals surface area contributed by atoms with Gasteiger partial charge in [0.1, 0.15) is 0 Å². The molecule has 0 spiro atoms. The molecule has 1 atom stereocenters. The topological polar surface area (TPSA) is 90.8 Å². The molecule has 7 nitrogen and oxygen atoms in total. The first-order valence-corrected chi connectivity index (χ1v) is 7.73. The van der Waals surface area contributed by atoms with E-state index in [4.69, 9.17) is 0 Å². The Morgan fingerprint density at radius 2 is 1.92 bits per heavy atom. The Hall–Kier alpha value is -2.25. The standard InChI is InChI=1S/C15H16F2N3O4P/c1-7-10(6-21)14(24)20(13(7)23)19(9(3)22)12-5-4-11(8(2)18-12)15(16,17)25/h4-5,21H,6,25H2,1-3H3. The Morgan fingerprint density at radius 1 is 1.32 bits per heavy atom. The lowest BCUT2D eigenvalue weighted by Crippen LogP contribution is -2.50. The van der Waals surface area contributed by atoms with Crippen LogP contribution in [0.2, 0.25) is 0 Å². The highest BCUT2D eigenvalue weighted by Gasteiger charge is 2.42. The van der Waals surface area contributed by atoms with Gasteiger partial charge in [-0.2, -0.15) is 18.8 Å². The van der Waals surface area contributed by atoms with Crippen LogP contribution >= 0.6 is 9.24 Å². The zero-order valence-corrected chi connectivity index (χ0v) is 14.9. The fourth-order valence-corrected chi connectivity index (χ4v) is 2.76. The van der Waals surface area contributed by atoms with E-state index < -0.39 is 30.0 Å². The van der Waals surface area contributed by atoms with E-state index in [-0.39, 0.29) is 28.2 Å². The number of anilines is 1. The van der Waals surface area contributed by atoms with Gasteiger partial charge in [-0.15, -0.1) is 0 Å². The third kappa shape index (κ3) is 3.29. The van der Waals surface area contributed by atoms with Gasteiger partial charge >= 0.3 is 0 Å². The molecule has 0 aliphatic carbocycles. The van der Waals surface area contributed by atoms with Gasteiger partial charge in [-0.05, 0) is 26.0 Å². The molecule has 1 unspecified atom stereocenters. The number of rotatable bonds is 4. The molecule has 0 radical (unpaired) electrons. The summed E-state index contributed by atoms with van der Waals surface area (Å²) in [5.41, 5.74) is -3.77. The molecule has 0 aromatic carbocycles. The molecule has 0 saturated heterocycles. The Bertz CT molecular complexity index is 804. The quantitative estimate of drug-likeness (QED) is 0.636. The Labute approximate surface area is 144 Å². The molecule has 2 rings (SSSR count). The third-order valence-electron chi connectivity index (χ3n) is 3.72. The average molecular weight is 371 g/mol. The first-order chi connectivity index (χ1) is 11.5. The van der Waals surface area contributed by atoms with Crippen LogP contribution in [0.15, 0.2) is 23.3 Å². The van der Waals surface area contributed by atoms with Gasteiger partial charge in [-0.1, -0.05) is 9.24 Å². The summed E-state index contributed by atoms with van der Waals surface area (Å²) >= 11 is 0. The number of hydrogen-bond acceptors (Lipinski definition) is 5. The van der Waals surface area contributed by atoms with Gasteiger partial charge in [-0.25, -0.2) is 4.98 Å². The number of hydrazine groups is 1. The highest BCUT2D eigenvalue weighted by atomic mass is 31.0. The number of aliphatic hydroxyl groups is 1. The molecular weight excluding hydrogens is 355 g/mol. The summed E-state index contributed by atoms with van der Waals surface area (Å²) in [6, 6.07) is 2.19. The second kappa shape index (κ2) is 6.57. The van der Waals surface area contributed by atoms with E-state index in [0.29, 0.717) is 10.0 Å². The zero-order valence-electron chi connectivity index (χ0n) is 13.7. The molecule has 3 amide bonds. The number of nitrogens with zero attached hydrogens (tertiary/aromatic N) is 3. The van der Waals surface area contributed by atoms with Gasteiger partial charge in [0.05, 0.1) is 12.2 Å². The number of amides is 3. The van der Waals surface area contributed by atoms with E-state index in [1.54, 1.807) is 0 Å². The van der Waals surface area contributed by atoms with Crippen molar-refractivity contribution in [2.45, 2.75) is 26.4 Å². The number of halogens is 2. The number of pyridine rings is 1. The van der Waals surface area contributed by atoms with E-state index in [9.17, 15) is 28.3 Å². The van der Waals surface area contributed by atoms with Gasteiger partial charge in [0.2, 0.25) is 5.91 Å². The minimum atomic E-state index is -3.21. The van der Waals surface area contributed by atoms with Gasteiger partial charge in [0, 0.05) is 23.8 Å². The summed E-state index contributed by atoms with van der Waals surface area (Å²) in [6.07, 6.45) is 0. The molecule has 1 aromatic rings. The van der Waals surface area contributed by atoms with Crippen LogP contribution in [0.4, 0.5) is 14.6 Å². The summed E-state index contributed by atoms with van der Waals surface area (Å²) < 4.78 is 26.9. The van der Waals surface area contributed by atoms with Crippen molar-refractivity contribution in [3.8, 4) is 0 Å². The van der Waals surface area contributed by atoms with Crippen LogP contribution in [-0.2, 0) is 20.0 Å². The Morgan fingerprint density at radius 3 is 2.32 bits per heavy atom. The predicted octanol–water partition coefficient (Wildman–Crippen LogP) is 1.26. The van der Waals surface area contributed by atoms with Gasteiger partial charge in [0.25, 0.3) is 17.5 Å². The first-order valence-electron chi connectivity index (χ1n) is 7.15. The molecule has 0 saturated carbocycles. The molecule has 1 aliphatic heterocycles. The molecule has 10 heteroatoms. The molecule has 0 fully saturated rings. The lowest BCUT2D eigenvalue weighted by Gasteiger charge is -2.29. The summed E-state index contributed by atoms with van der Waals surface area (Å²) in [5, 5.41) is 10.5. The van der Waals surface area contributed by atoms with E-state index in [1.807, 2.05) is 0 Å². The zero-order chi connectivity index (χ0) is 19.1. The number of aromatic nitrogens is 1. The van der Waals surface area contributed by atoms with E-state index in [0.717, 1.165) is 19.1 Å². The highest BCUT2D eigenvalue weighted by molar-refractivity contribution is 7.17. The normalized spacial score (nSPS) is 15.2. The van der Waals surface area contributed by atoms with Crippen molar-refractivity contribution in [2.24, 2.45) is 0 Å². The second-order valence-electron chi connectivity index (χ2n) is 5.44. The number of imide groups is 1. The van der Waals surface area contributed by atoms with Crippen LogP contribution in [0.25, 0.3) is 0 Å². The Balaban J connectivity index is 2.51. The molecule has 1 aromatic heterocycles. The maximum atomic E-state index is 13.5. The number of alkyl halides is 2. The fourth-order valence-electron chi connectivity index (χ4n) is 2.46. The van der Waals surface area contributed by atoms with Crippen LogP contribution in [-0.4, -0.2) is 39.4 Å². The van der Waals surface area contributed by atoms with Gasteiger partial charge < -0.3 is 5.11 Å². The lowest BCUT2D eigenvalue weighted by molar-refractivity contribution is -0.142. The highest BCUT2D eigenvalue weighted by Crippen LogP contribution is 2.37. The molecule has 0 bridgehead atoms. The van der Waals surface area contributed by atoms with Crippen molar-refractivity contribution in [1.82, 2.24) is 9.99 Å². The van der Waals surface area contributed by atoms with Crippen LogP contribution in [0, 0.1) is 6.92 Å². The van der Waals surface area contributed by atoms with Crippen LogP contribution in [0.3, 0.4) is 0 Å². The largest absolute Gasteiger partial charge is 0.391 e. The van der Waals surface area contributed by atoms with E-state index in [2.05, 4.69) is 4.98 Å². The van der Waals surface area contributed by atoms with Gasteiger partial charge in [-0.3, -0.25) is 14.4 Å². The Kier molecular flexibility index (Phi) is 5.02. The van der Waals surface area contributed by atoms with E-state index >= 15 is 0 Å². The van der Waals surface area contributed by atoms with Crippen molar-refractivity contribution in [3.63, 3.8) is 0 Å². The SMILES string of the molecule is CC(=O)N(c1ccc(C(F)(F)P)c(C)n1)N1C(=O)C(C)=C(CO)C1=O. The number of hydrogen-bond donors (Lipinski definition) is 1. The number of aliphatic hydroxyl groups excluding tert-OH is 1. The first kappa shape index (κ1) is 19.1. The van der Waals surface area contributed by atoms with Crippen molar-refractivity contribution in [1.29, 1.82) is 0 Å². The molecule has 134 valence electrons. The van der Waals surface area contributed by atoms with Crippen LogP contribution < -0.4 is 5.01 Å². The summed E-state index contributed by atoms with van der Waals surface area (Å²) in [4.78, 5) is 40.6. The lowest BCUT2D eigenvalue weighted by atomic mass is 10.2. The number of carbonyl (C=O) groups excluding carboxylic acids is 3. The minimum absolute atomic E-state index is 0.00332. The average Bonchev–Trinajstić information content (AvgIpc) is 2.69. The van der Waals surface area contributed by atoms with Gasteiger partial charge in [0.15, 0.2) is 5.82 Å². The van der Waals surface area contributed by atoms with Crippen molar-refractivity contribution < 1.29 is 28.3 Å². The van der Waals surface area contributed by atoms with Crippen molar-refractivity contribution >= 4 is 32.8 Å². The predicted molar refractivity (Wildman–Crippen MR) is 87.4 cm³/mol. The maximum absolute atomic E-state index is 13.5. The van der Waals surface area contributed by atoms with Crippen LogP contribution in [0.1, 0.15) is 25.1 Å². The van der Waals surface area contributed by atoms with E-state index in [1.165, 1.54) is 23.1 Å². The fraction of sp³-hybridized carbons (Fsp3) is 0.333. The maximum Gasteiger partial charge on any atom is 0.285 e. The van der Waals surface area contributed by atoms with Crippen LogP contribution in [0.5, 0.6) is 0 Å². The molecule has 1 aliphatic rings. The minimum Gasteiger partial charge on any atom is -0.391 e. The summed E-state index contributed by atoms with van der Waals surface area (Å²) in [7, 11) is 1.39. The third-order valence-corrected chi connectivity index (χ3v) is 4.03. The van der Waals surface area contributed by atoms with Crippen molar-refractivity contribution in [2.75, 3.05) is 11.6 Å². The smallest absolute Gasteiger partial charge is 0.285 e. The summed E-state index contributed by atoms with van der Waals surface area (Å²) in [6.45, 7) is 3.11. The monoisotopic (exact) mass is 371 g/mol. The summed E-state index contributed by atoms with van der Waals surface area (Å²) in [5.74, 6) is -2.52. The molecule has 25 heavy (non-hydrogen) atoms. The van der Waals surface area contributed by atoms with Crippen molar-refractivity contribution in [3.05, 3.63) is 34.5 Å². The number of aryl methyl sites for hydroxylation is 1. The second-order valence-corrected chi connectivity index (χ2v) is 6.17. The molecular formula is C15H16F2N3O4P.